The number of carboxylic acids is 1. The van der Waals surface area contributed by atoms with E-state index in [1.807, 2.05) is 0 Å². The van der Waals surface area contributed by atoms with Crippen LogP contribution >= 0.6 is 11.6 Å². The molecule has 0 aromatic heterocycles. The van der Waals surface area contributed by atoms with E-state index in [0.29, 0.717) is 6.42 Å². The van der Waals surface area contributed by atoms with Gasteiger partial charge in [-0.3, -0.25) is 4.79 Å². The highest BCUT2D eigenvalue weighted by Crippen LogP contribution is 2.43. The molecule has 0 radical (unpaired) electrons. The fourth-order valence-corrected chi connectivity index (χ4v) is 5.85. The van der Waals surface area contributed by atoms with Gasteiger partial charge in [0.2, 0.25) is 10.0 Å². The van der Waals surface area contributed by atoms with Gasteiger partial charge in [-0.15, -0.1) is 0 Å². The van der Waals surface area contributed by atoms with Crippen LogP contribution in [0.3, 0.4) is 0 Å². The number of sulfonamides is 1. The van der Waals surface area contributed by atoms with Crippen LogP contribution in [0.1, 0.15) is 32.1 Å². The lowest BCUT2D eigenvalue weighted by atomic mass is 9.85. The van der Waals surface area contributed by atoms with E-state index in [1.165, 1.54) is 6.07 Å². The summed E-state index contributed by atoms with van der Waals surface area (Å²) in [5, 5.41) is 9.52. The van der Waals surface area contributed by atoms with E-state index in [1.54, 1.807) is 0 Å². The third-order valence-corrected chi connectivity index (χ3v) is 6.97. The molecule has 1 N–H and O–H groups in total. The Kier molecular flexibility index (Phi) is 4.37. The molecule has 2 aliphatic rings. The number of rotatable bonds is 3. The summed E-state index contributed by atoms with van der Waals surface area (Å²) in [7, 11) is -4.23. The minimum atomic E-state index is -4.23. The van der Waals surface area contributed by atoms with Gasteiger partial charge in [-0.2, -0.15) is 4.31 Å². The average Bonchev–Trinajstić information content (AvgIpc) is 2.87. The van der Waals surface area contributed by atoms with Crippen LogP contribution in [-0.4, -0.2) is 35.9 Å². The number of hydrogen-bond acceptors (Lipinski definition) is 3. The van der Waals surface area contributed by atoms with E-state index in [-0.39, 0.29) is 23.4 Å². The summed E-state index contributed by atoms with van der Waals surface area (Å²) in [6.45, 7) is 0. The molecule has 0 bridgehead atoms. The maximum Gasteiger partial charge on any atom is 0.322 e. The summed E-state index contributed by atoms with van der Waals surface area (Å²) in [6.07, 6.45) is 3.53. The highest BCUT2D eigenvalue weighted by Gasteiger charge is 2.51. The van der Waals surface area contributed by atoms with Crippen molar-refractivity contribution in [2.24, 2.45) is 5.92 Å². The highest BCUT2D eigenvalue weighted by molar-refractivity contribution is 7.89. The molecule has 1 aliphatic carbocycles. The van der Waals surface area contributed by atoms with Gasteiger partial charge >= 0.3 is 5.97 Å². The lowest BCUT2D eigenvalue weighted by molar-refractivity contribution is -0.141. The molecule has 3 unspecified atom stereocenters. The zero-order valence-corrected chi connectivity index (χ0v) is 13.9. The van der Waals surface area contributed by atoms with Gasteiger partial charge in [0.15, 0.2) is 0 Å². The fraction of sp³-hybridized carbons (Fsp3) is 0.533. The molecule has 0 amide bonds. The first-order chi connectivity index (χ1) is 10.8. The van der Waals surface area contributed by atoms with Gasteiger partial charge < -0.3 is 5.11 Å². The van der Waals surface area contributed by atoms with Crippen molar-refractivity contribution in [2.45, 2.75) is 49.1 Å². The summed E-state index contributed by atoms with van der Waals surface area (Å²) in [5.41, 5.74) is 0. The molecule has 1 aliphatic heterocycles. The molecule has 3 atom stereocenters. The predicted octanol–water partition coefficient (Wildman–Crippen LogP) is 2.89. The Bertz CT molecular complexity index is 739. The molecule has 1 heterocycles. The Labute approximate surface area is 139 Å². The number of carboxylic acid groups (broad SMARTS) is 1. The third-order valence-electron chi connectivity index (χ3n) is 4.76. The number of halogens is 2. The van der Waals surface area contributed by atoms with Crippen molar-refractivity contribution >= 4 is 27.6 Å². The number of fused-ring (bicyclic) bond motifs is 1. The van der Waals surface area contributed by atoms with E-state index < -0.39 is 32.7 Å². The molecule has 1 saturated heterocycles. The smallest absolute Gasteiger partial charge is 0.322 e. The molecule has 1 saturated carbocycles. The van der Waals surface area contributed by atoms with E-state index >= 15 is 0 Å². The largest absolute Gasteiger partial charge is 0.480 e. The molecule has 5 nitrogen and oxygen atoms in total. The summed E-state index contributed by atoms with van der Waals surface area (Å²) < 4.78 is 41.0. The third kappa shape index (κ3) is 2.86. The Balaban J connectivity index is 2.06. The van der Waals surface area contributed by atoms with Crippen molar-refractivity contribution in [1.29, 1.82) is 0 Å². The minimum absolute atomic E-state index is 0.0231. The average molecular weight is 362 g/mol. The molecular weight excluding hydrogens is 345 g/mol. The molecular formula is C15H17ClFNO4S. The number of hydrogen-bond donors (Lipinski definition) is 1. The minimum Gasteiger partial charge on any atom is -0.480 e. The SMILES string of the molecule is O=C(O)C1CC2CCCCC2N1S(=O)(=O)c1ccc(Cl)cc1F. The van der Waals surface area contributed by atoms with Crippen LogP contribution in [0.25, 0.3) is 0 Å². The summed E-state index contributed by atoms with van der Waals surface area (Å²) in [6, 6.07) is 1.82. The lowest BCUT2D eigenvalue weighted by Crippen LogP contribution is -2.46. The molecule has 1 aromatic rings. The zero-order chi connectivity index (χ0) is 16.8. The molecule has 126 valence electrons. The van der Waals surface area contributed by atoms with Crippen LogP contribution in [0, 0.1) is 11.7 Å². The number of benzene rings is 1. The molecule has 2 fully saturated rings. The second-order valence-corrected chi connectivity index (χ2v) is 8.36. The predicted molar refractivity (Wildman–Crippen MR) is 82.2 cm³/mol. The van der Waals surface area contributed by atoms with Gasteiger partial charge in [0.1, 0.15) is 16.8 Å². The van der Waals surface area contributed by atoms with Crippen molar-refractivity contribution < 1.29 is 22.7 Å². The van der Waals surface area contributed by atoms with Crippen LogP contribution in [0.4, 0.5) is 4.39 Å². The maximum absolute atomic E-state index is 14.1. The summed E-state index contributed by atoms with van der Waals surface area (Å²) in [4.78, 5) is 11.0. The Morgan fingerprint density at radius 3 is 2.65 bits per heavy atom. The van der Waals surface area contributed by atoms with E-state index in [9.17, 15) is 22.7 Å². The molecule has 23 heavy (non-hydrogen) atoms. The fourth-order valence-electron chi connectivity index (χ4n) is 3.77. The van der Waals surface area contributed by atoms with Crippen molar-refractivity contribution in [3.63, 3.8) is 0 Å². The van der Waals surface area contributed by atoms with Crippen molar-refractivity contribution in [3.05, 3.63) is 29.0 Å². The molecule has 1 aromatic carbocycles. The zero-order valence-electron chi connectivity index (χ0n) is 12.3. The highest BCUT2D eigenvalue weighted by atomic mass is 35.5. The van der Waals surface area contributed by atoms with Gasteiger partial charge in [0, 0.05) is 11.1 Å². The van der Waals surface area contributed by atoms with Crippen LogP contribution < -0.4 is 0 Å². The van der Waals surface area contributed by atoms with Gasteiger partial charge in [0.25, 0.3) is 0 Å². The quantitative estimate of drug-likeness (QED) is 0.898. The van der Waals surface area contributed by atoms with E-state index in [4.69, 9.17) is 11.6 Å². The second kappa shape index (κ2) is 6.03. The van der Waals surface area contributed by atoms with E-state index in [2.05, 4.69) is 0 Å². The molecule has 0 spiro atoms. The Morgan fingerprint density at radius 1 is 1.30 bits per heavy atom. The molecule has 8 heteroatoms. The van der Waals surface area contributed by atoms with Gasteiger partial charge in [-0.25, -0.2) is 12.8 Å². The van der Waals surface area contributed by atoms with Gasteiger partial charge in [-0.1, -0.05) is 24.4 Å². The van der Waals surface area contributed by atoms with E-state index in [0.717, 1.165) is 35.7 Å². The monoisotopic (exact) mass is 361 g/mol. The first-order valence-electron chi connectivity index (χ1n) is 7.54. The van der Waals surface area contributed by atoms with Crippen LogP contribution in [0.5, 0.6) is 0 Å². The Morgan fingerprint density at radius 2 is 2.00 bits per heavy atom. The number of carbonyl (C=O) groups is 1. The van der Waals surface area contributed by atoms with Crippen molar-refractivity contribution in [2.75, 3.05) is 0 Å². The summed E-state index contributed by atoms with van der Waals surface area (Å²) >= 11 is 5.67. The normalized spacial score (nSPS) is 28.5. The van der Waals surface area contributed by atoms with Gasteiger partial charge in [-0.05, 0) is 43.4 Å². The van der Waals surface area contributed by atoms with Crippen LogP contribution in [-0.2, 0) is 14.8 Å². The van der Waals surface area contributed by atoms with Crippen molar-refractivity contribution in [1.82, 2.24) is 4.31 Å². The topological polar surface area (TPSA) is 74.7 Å². The van der Waals surface area contributed by atoms with Gasteiger partial charge in [0.05, 0.1) is 0 Å². The maximum atomic E-state index is 14.1. The standard InChI is InChI=1S/C15H17ClFNO4S/c16-10-5-6-14(11(17)8-10)23(21,22)18-12-4-2-1-3-9(12)7-13(18)15(19)20/h5-6,8-9,12-13H,1-4,7H2,(H,19,20). The first-order valence-corrected chi connectivity index (χ1v) is 9.35. The van der Waals surface area contributed by atoms with Crippen LogP contribution in [0.2, 0.25) is 5.02 Å². The van der Waals surface area contributed by atoms with Crippen molar-refractivity contribution in [3.8, 4) is 0 Å². The number of nitrogens with zero attached hydrogens (tertiary/aromatic N) is 1. The first kappa shape index (κ1) is 16.7. The lowest BCUT2D eigenvalue weighted by Gasteiger charge is -2.32. The number of aliphatic carboxylic acids is 1. The summed E-state index contributed by atoms with van der Waals surface area (Å²) in [5.74, 6) is -2.12. The van der Waals surface area contributed by atoms with Crippen LogP contribution in [0.15, 0.2) is 23.1 Å². The second-order valence-electron chi connectivity index (χ2n) is 6.11. The Hall–Kier alpha value is -1.18. The molecule has 3 rings (SSSR count).